The van der Waals surface area contributed by atoms with Crippen LogP contribution in [0.4, 0.5) is 11.4 Å². The van der Waals surface area contributed by atoms with Gasteiger partial charge in [0.15, 0.2) is 5.75 Å². The lowest BCUT2D eigenvalue weighted by Crippen LogP contribution is -2.12. The van der Waals surface area contributed by atoms with Gasteiger partial charge in [0.2, 0.25) is 5.88 Å². The highest BCUT2D eigenvalue weighted by molar-refractivity contribution is 6.04. The van der Waals surface area contributed by atoms with Gasteiger partial charge in [0, 0.05) is 17.7 Å². The van der Waals surface area contributed by atoms with Crippen molar-refractivity contribution in [2.75, 3.05) is 12.4 Å². The molecule has 0 fully saturated rings. The molecule has 3 aromatic rings. The Kier molecular flexibility index (Phi) is 5.73. The van der Waals surface area contributed by atoms with Crippen molar-refractivity contribution in [3.63, 3.8) is 0 Å². The van der Waals surface area contributed by atoms with E-state index < -0.39 is 10.8 Å². The van der Waals surface area contributed by atoms with Crippen LogP contribution in [0.25, 0.3) is 0 Å². The molecule has 0 bridgehead atoms. The number of nitrogens with one attached hydrogen (secondary N) is 1. The van der Waals surface area contributed by atoms with Crippen molar-refractivity contribution in [3.05, 3.63) is 81.5 Å². The predicted octanol–water partition coefficient (Wildman–Crippen LogP) is 4.66. The average molecular weight is 393 g/mol. The zero-order valence-corrected chi connectivity index (χ0v) is 16.1. The largest absolute Gasteiger partial charge is 0.490 e. The Labute approximate surface area is 167 Å². The summed E-state index contributed by atoms with van der Waals surface area (Å²) >= 11 is 0. The van der Waals surface area contributed by atoms with Gasteiger partial charge in [0.05, 0.1) is 23.9 Å². The second-order valence-electron chi connectivity index (χ2n) is 6.33. The number of amides is 1. The third-order valence-electron chi connectivity index (χ3n) is 4.33. The van der Waals surface area contributed by atoms with Crippen molar-refractivity contribution in [2.24, 2.45) is 0 Å². The zero-order chi connectivity index (χ0) is 21.0. The number of hydrogen-bond donors (Lipinski definition) is 1. The summed E-state index contributed by atoms with van der Waals surface area (Å²) in [5.41, 5.74) is 2.56. The number of aromatic nitrogens is 1. The second-order valence-corrected chi connectivity index (χ2v) is 6.33. The summed E-state index contributed by atoms with van der Waals surface area (Å²) in [7, 11) is 1.33. The monoisotopic (exact) mass is 393 g/mol. The van der Waals surface area contributed by atoms with E-state index in [1.54, 1.807) is 12.1 Å². The maximum Gasteiger partial charge on any atom is 0.311 e. The van der Waals surface area contributed by atoms with Gasteiger partial charge in [-0.05, 0) is 55.3 Å². The third-order valence-corrected chi connectivity index (χ3v) is 4.33. The molecule has 0 aliphatic heterocycles. The summed E-state index contributed by atoms with van der Waals surface area (Å²) in [5.74, 6) is 0.635. The van der Waals surface area contributed by atoms with E-state index >= 15 is 0 Å². The summed E-state index contributed by atoms with van der Waals surface area (Å²) in [6, 6.07) is 13.0. The van der Waals surface area contributed by atoms with Crippen molar-refractivity contribution >= 4 is 17.3 Å². The van der Waals surface area contributed by atoms with Crippen molar-refractivity contribution in [1.82, 2.24) is 4.98 Å². The normalized spacial score (nSPS) is 10.3. The van der Waals surface area contributed by atoms with Crippen LogP contribution in [0.5, 0.6) is 17.4 Å². The standard InChI is InChI=1S/C21H19N3O5/c1-13-4-7-17(10-14(13)2)29-20-9-6-16(12-22-20)23-21(25)15-5-8-19(28-3)18(11-15)24(26)27/h4-12H,1-3H3,(H,23,25). The minimum atomic E-state index is -0.601. The quantitative estimate of drug-likeness (QED) is 0.482. The molecule has 0 aliphatic rings. The van der Waals surface area contributed by atoms with Gasteiger partial charge in [-0.3, -0.25) is 14.9 Å². The van der Waals surface area contributed by atoms with Gasteiger partial charge in [-0.2, -0.15) is 0 Å². The fourth-order valence-electron chi connectivity index (χ4n) is 2.59. The molecular formula is C21H19N3O5. The van der Waals surface area contributed by atoms with Crippen LogP contribution in [0.2, 0.25) is 0 Å². The van der Waals surface area contributed by atoms with Crippen LogP contribution in [-0.2, 0) is 0 Å². The first-order valence-corrected chi connectivity index (χ1v) is 8.72. The van der Waals surface area contributed by atoms with Gasteiger partial charge < -0.3 is 14.8 Å². The Morgan fingerprint density at radius 2 is 1.86 bits per heavy atom. The number of carbonyl (C=O) groups excluding carboxylic acids is 1. The molecule has 0 aliphatic carbocycles. The Morgan fingerprint density at radius 3 is 2.48 bits per heavy atom. The first-order valence-electron chi connectivity index (χ1n) is 8.72. The van der Waals surface area contributed by atoms with E-state index in [0.29, 0.717) is 17.3 Å². The molecule has 2 aromatic carbocycles. The van der Waals surface area contributed by atoms with Crippen LogP contribution in [0.3, 0.4) is 0 Å². The van der Waals surface area contributed by atoms with Gasteiger partial charge >= 0.3 is 5.69 Å². The van der Waals surface area contributed by atoms with Crippen LogP contribution in [0.1, 0.15) is 21.5 Å². The van der Waals surface area contributed by atoms with E-state index in [9.17, 15) is 14.9 Å². The van der Waals surface area contributed by atoms with Gasteiger partial charge in [0.1, 0.15) is 5.75 Å². The lowest BCUT2D eigenvalue weighted by atomic mass is 10.1. The molecule has 1 N–H and O–H groups in total. The van der Waals surface area contributed by atoms with E-state index in [1.165, 1.54) is 37.1 Å². The summed E-state index contributed by atoms with van der Waals surface area (Å²) in [6.07, 6.45) is 1.45. The number of methoxy groups -OCH3 is 1. The van der Waals surface area contributed by atoms with Gasteiger partial charge in [-0.15, -0.1) is 0 Å². The molecule has 0 unspecified atom stereocenters. The molecule has 1 heterocycles. The minimum absolute atomic E-state index is 0.0843. The number of ether oxygens (including phenoxy) is 2. The predicted molar refractivity (Wildman–Crippen MR) is 108 cm³/mol. The number of pyridine rings is 1. The summed E-state index contributed by atoms with van der Waals surface area (Å²) in [4.78, 5) is 27.1. The van der Waals surface area contributed by atoms with Gasteiger partial charge in [0.25, 0.3) is 5.91 Å². The lowest BCUT2D eigenvalue weighted by Gasteiger charge is -2.09. The third kappa shape index (κ3) is 4.67. The molecule has 0 atom stereocenters. The molecule has 8 nitrogen and oxygen atoms in total. The Morgan fingerprint density at radius 1 is 1.07 bits per heavy atom. The Balaban J connectivity index is 1.70. The van der Waals surface area contributed by atoms with E-state index in [0.717, 1.165) is 5.56 Å². The van der Waals surface area contributed by atoms with Crippen LogP contribution in [0, 0.1) is 24.0 Å². The van der Waals surface area contributed by atoms with Crippen molar-refractivity contribution in [2.45, 2.75) is 13.8 Å². The molecular weight excluding hydrogens is 374 g/mol. The number of nitro benzene ring substituents is 1. The van der Waals surface area contributed by atoms with Crippen LogP contribution in [0.15, 0.2) is 54.7 Å². The molecule has 0 radical (unpaired) electrons. The molecule has 0 saturated carbocycles. The highest BCUT2D eigenvalue weighted by Gasteiger charge is 2.18. The number of benzene rings is 2. The molecule has 0 spiro atoms. The second kappa shape index (κ2) is 8.39. The number of nitro groups is 1. The van der Waals surface area contributed by atoms with Crippen molar-refractivity contribution in [3.8, 4) is 17.4 Å². The number of anilines is 1. The van der Waals surface area contributed by atoms with E-state index in [4.69, 9.17) is 9.47 Å². The highest BCUT2D eigenvalue weighted by Crippen LogP contribution is 2.28. The topological polar surface area (TPSA) is 104 Å². The number of rotatable bonds is 6. The summed E-state index contributed by atoms with van der Waals surface area (Å²) < 4.78 is 10.7. The van der Waals surface area contributed by atoms with E-state index in [1.807, 2.05) is 32.0 Å². The van der Waals surface area contributed by atoms with E-state index in [2.05, 4.69) is 10.3 Å². The maximum absolute atomic E-state index is 12.4. The van der Waals surface area contributed by atoms with Crippen LogP contribution < -0.4 is 14.8 Å². The van der Waals surface area contributed by atoms with Crippen molar-refractivity contribution in [1.29, 1.82) is 0 Å². The molecule has 29 heavy (non-hydrogen) atoms. The van der Waals surface area contributed by atoms with Crippen LogP contribution >= 0.6 is 0 Å². The first kappa shape index (κ1) is 19.8. The number of nitrogens with zero attached hydrogens (tertiary/aromatic N) is 2. The number of hydrogen-bond acceptors (Lipinski definition) is 6. The van der Waals surface area contributed by atoms with Gasteiger partial charge in [-0.1, -0.05) is 6.07 Å². The molecule has 3 rings (SSSR count). The highest BCUT2D eigenvalue weighted by atomic mass is 16.6. The van der Waals surface area contributed by atoms with Crippen molar-refractivity contribution < 1.29 is 19.2 Å². The maximum atomic E-state index is 12.4. The van der Waals surface area contributed by atoms with E-state index in [-0.39, 0.29) is 17.0 Å². The van der Waals surface area contributed by atoms with Crippen LogP contribution in [-0.4, -0.2) is 22.9 Å². The Bertz CT molecular complexity index is 1060. The lowest BCUT2D eigenvalue weighted by molar-refractivity contribution is -0.385. The fourth-order valence-corrected chi connectivity index (χ4v) is 2.59. The molecule has 1 amide bonds. The summed E-state index contributed by atoms with van der Waals surface area (Å²) in [5, 5.41) is 13.8. The molecule has 0 saturated heterocycles. The number of aryl methyl sites for hydroxylation is 2. The summed E-state index contributed by atoms with van der Waals surface area (Å²) in [6.45, 7) is 4.02. The minimum Gasteiger partial charge on any atom is -0.490 e. The van der Waals surface area contributed by atoms with Gasteiger partial charge in [-0.25, -0.2) is 4.98 Å². The fraction of sp³-hybridized carbons (Fsp3) is 0.143. The number of carbonyl (C=O) groups is 1. The molecule has 148 valence electrons. The Hall–Kier alpha value is -3.94. The molecule has 8 heteroatoms. The smallest absolute Gasteiger partial charge is 0.311 e. The average Bonchev–Trinajstić information content (AvgIpc) is 2.71. The SMILES string of the molecule is COc1ccc(C(=O)Nc2ccc(Oc3ccc(C)c(C)c3)nc2)cc1[N+](=O)[O-]. The zero-order valence-electron chi connectivity index (χ0n) is 16.1. The molecule has 1 aromatic heterocycles. The first-order chi connectivity index (χ1) is 13.9.